The van der Waals surface area contributed by atoms with Gasteiger partial charge in [0.05, 0.1) is 10.5 Å². The van der Waals surface area contributed by atoms with E-state index < -0.39 is 17.8 Å². The van der Waals surface area contributed by atoms with Crippen LogP contribution in [-0.4, -0.2) is 27.1 Å². The summed E-state index contributed by atoms with van der Waals surface area (Å²) in [6.07, 6.45) is -0.241. The van der Waals surface area contributed by atoms with E-state index in [9.17, 15) is 14.0 Å². The number of benzene rings is 1. The molecule has 19 heavy (non-hydrogen) atoms. The van der Waals surface area contributed by atoms with E-state index in [1.807, 2.05) is 0 Å². The van der Waals surface area contributed by atoms with Crippen molar-refractivity contribution < 1.29 is 24.2 Å². The highest BCUT2D eigenvalue weighted by molar-refractivity contribution is 6.31. The molecule has 1 heterocycles. The Kier molecular flexibility index (Phi) is 3.44. The van der Waals surface area contributed by atoms with Crippen molar-refractivity contribution in [3.8, 4) is 0 Å². The summed E-state index contributed by atoms with van der Waals surface area (Å²) in [4.78, 5) is 24.1. The Morgan fingerprint density at radius 1 is 1.32 bits per heavy atom. The number of carbonyl (C=O) groups is 2. The third-order valence-electron chi connectivity index (χ3n) is 2.77. The Bertz CT molecular complexity index is 680. The number of hydrogen-bond donors (Lipinski definition) is 3. The Hall–Kier alpha value is -2.08. The van der Waals surface area contributed by atoms with Crippen molar-refractivity contribution in [2.45, 2.75) is 12.8 Å². The zero-order valence-electron chi connectivity index (χ0n) is 9.54. The zero-order valence-corrected chi connectivity index (χ0v) is 10.3. The lowest BCUT2D eigenvalue weighted by Crippen LogP contribution is -2.04. The lowest BCUT2D eigenvalue weighted by Gasteiger charge is -2.00. The van der Waals surface area contributed by atoms with E-state index in [-0.39, 0.29) is 34.6 Å². The van der Waals surface area contributed by atoms with Gasteiger partial charge in [-0.15, -0.1) is 0 Å². The molecular weight excluding hydrogens is 277 g/mol. The molecule has 100 valence electrons. The summed E-state index contributed by atoms with van der Waals surface area (Å²) in [6.45, 7) is 0. The van der Waals surface area contributed by atoms with E-state index in [0.29, 0.717) is 5.39 Å². The SMILES string of the molecule is O=C(O)CCc1c(C(=O)O)[nH]c2c(F)c(Cl)ccc12. The molecule has 0 saturated heterocycles. The van der Waals surface area contributed by atoms with Crippen molar-refractivity contribution in [3.63, 3.8) is 0 Å². The fourth-order valence-corrected chi connectivity index (χ4v) is 2.09. The lowest BCUT2D eigenvalue weighted by atomic mass is 10.1. The first kappa shape index (κ1) is 13.4. The van der Waals surface area contributed by atoms with Gasteiger partial charge in [0.2, 0.25) is 0 Å². The second-order valence-electron chi connectivity index (χ2n) is 3.96. The van der Waals surface area contributed by atoms with Crippen LogP contribution in [0.2, 0.25) is 5.02 Å². The van der Waals surface area contributed by atoms with Crippen LogP contribution in [0.4, 0.5) is 4.39 Å². The topological polar surface area (TPSA) is 90.4 Å². The highest BCUT2D eigenvalue weighted by Gasteiger charge is 2.20. The van der Waals surface area contributed by atoms with Crippen molar-refractivity contribution in [2.75, 3.05) is 0 Å². The van der Waals surface area contributed by atoms with Gasteiger partial charge in [0.15, 0.2) is 5.82 Å². The van der Waals surface area contributed by atoms with Gasteiger partial charge in [-0.05, 0) is 18.1 Å². The molecule has 3 N–H and O–H groups in total. The maximum Gasteiger partial charge on any atom is 0.352 e. The lowest BCUT2D eigenvalue weighted by molar-refractivity contribution is -0.136. The van der Waals surface area contributed by atoms with E-state index in [0.717, 1.165) is 0 Å². The molecule has 2 aromatic rings. The van der Waals surface area contributed by atoms with E-state index in [4.69, 9.17) is 21.8 Å². The standard InChI is InChI=1S/C12H9ClFNO4/c13-7-3-1-5-6(2-4-8(16)17)11(12(18)19)15-10(5)9(7)14/h1,3,15H,2,4H2,(H,16,17)(H,18,19). The number of fused-ring (bicyclic) bond motifs is 1. The number of H-pyrrole nitrogens is 1. The predicted molar refractivity (Wildman–Crippen MR) is 66.2 cm³/mol. The number of aliphatic carboxylic acids is 1. The van der Waals surface area contributed by atoms with Crippen molar-refractivity contribution in [2.24, 2.45) is 0 Å². The van der Waals surface area contributed by atoms with Crippen molar-refractivity contribution >= 4 is 34.4 Å². The summed E-state index contributed by atoms with van der Waals surface area (Å²) in [6, 6.07) is 2.78. The largest absolute Gasteiger partial charge is 0.481 e. The van der Waals surface area contributed by atoms with Crippen LogP contribution >= 0.6 is 11.6 Å². The van der Waals surface area contributed by atoms with Gasteiger partial charge in [0.25, 0.3) is 0 Å². The summed E-state index contributed by atoms with van der Waals surface area (Å²) in [7, 11) is 0. The molecule has 1 aromatic heterocycles. The second kappa shape index (κ2) is 4.89. The molecule has 0 aliphatic rings. The number of halogens is 2. The summed E-state index contributed by atoms with van der Waals surface area (Å²) in [5.74, 6) is -3.07. The number of nitrogens with one attached hydrogen (secondary N) is 1. The molecule has 0 saturated carbocycles. The average molecular weight is 286 g/mol. The van der Waals surface area contributed by atoms with Crippen LogP contribution in [0.1, 0.15) is 22.5 Å². The molecule has 0 fully saturated rings. The molecule has 0 atom stereocenters. The van der Waals surface area contributed by atoms with Gasteiger partial charge < -0.3 is 15.2 Å². The molecule has 0 aliphatic heterocycles. The molecule has 1 aromatic carbocycles. The first-order valence-electron chi connectivity index (χ1n) is 5.35. The Labute approximate surface area is 111 Å². The Morgan fingerprint density at radius 2 is 2.00 bits per heavy atom. The summed E-state index contributed by atoms with van der Waals surface area (Å²) in [5, 5.41) is 17.9. The third-order valence-corrected chi connectivity index (χ3v) is 3.07. The average Bonchev–Trinajstić information content (AvgIpc) is 2.70. The monoisotopic (exact) mass is 285 g/mol. The third kappa shape index (κ3) is 2.39. The summed E-state index contributed by atoms with van der Waals surface area (Å²) < 4.78 is 13.8. The van der Waals surface area contributed by atoms with E-state index in [1.54, 1.807) is 0 Å². The highest BCUT2D eigenvalue weighted by Crippen LogP contribution is 2.29. The minimum absolute atomic E-state index is 0.00195. The molecule has 0 spiro atoms. The number of carboxylic acid groups (broad SMARTS) is 2. The maximum atomic E-state index is 13.8. The minimum Gasteiger partial charge on any atom is -0.481 e. The molecule has 0 aliphatic carbocycles. The van der Waals surface area contributed by atoms with Gasteiger partial charge in [0.1, 0.15) is 5.69 Å². The fourth-order valence-electron chi connectivity index (χ4n) is 1.93. The Morgan fingerprint density at radius 3 is 2.58 bits per heavy atom. The van der Waals surface area contributed by atoms with Gasteiger partial charge >= 0.3 is 11.9 Å². The molecule has 7 heteroatoms. The van der Waals surface area contributed by atoms with Gasteiger partial charge in [-0.3, -0.25) is 4.79 Å². The molecule has 2 rings (SSSR count). The quantitative estimate of drug-likeness (QED) is 0.805. The maximum absolute atomic E-state index is 13.8. The number of aromatic carboxylic acids is 1. The molecular formula is C12H9ClFNO4. The van der Waals surface area contributed by atoms with E-state index in [1.165, 1.54) is 12.1 Å². The Balaban J connectivity index is 2.64. The van der Waals surface area contributed by atoms with Crippen molar-refractivity contribution in [1.29, 1.82) is 0 Å². The van der Waals surface area contributed by atoms with E-state index in [2.05, 4.69) is 4.98 Å². The normalized spacial score (nSPS) is 10.8. The minimum atomic E-state index is -1.27. The summed E-state index contributed by atoms with van der Waals surface area (Å²) >= 11 is 5.62. The number of aryl methyl sites for hydroxylation is 1. The molecule has 0 amide bonds. The second-order valence-corrected chi connectivity index (χ2v) is 4.37. The van der Waals surface area contributed by atoms with Crippen LogP contribution in [0, 0.1) is 5.82 Å². The number of rotatable bonds is 4. The van der Waals surface area contributed by atoms with Crippen LogP contribution in [0.5, 0.6) is 0 Å². The first-order valence-corrected chi connectivity index (χ1v) is 5.73. The summed E-state index contributed by atoms with van der Waals surface area (Å²) in [5.41, 5.74) is 0.0307. The predicted octanol–water partition coefficient (Wildman–Crippen LogP) is 2.68. The van der Waals surface area contributed by atoms with Crippen molar-refractivity contribution in [3.05, 3.63) is 34.2 Å². The number of aromatic amines is 1. The molecule has 5 nitrogen and oxygen atoms in total. The number of aromatic nitrogens is 1. The van der Waals surface area contributed by atoms with Crippen LogP contribution in [0.15, 0.2) is 12.1 Å². The number of carboxylic acids is 2. The van der Waals surface area contributed by atoms with Crippen LogP contribution in [-0.2, 0) is 11.2 Å². The van der Waals surface area contributed by atoms with Crippen LogP contribution in [0.3, 0.4) is 0 Å². The zero-order chi connectivity index (χ0) is 14.2. The van der Waals surface area contributed by atoms with Crippen LogP contribution < -0.4 is 0 Å². The highest BCUT2D eigenvalue weighted by atomic mass is 35.5. The fraction of sp³-hybridized carbons (Fsp3) is 0.167. The number of hydrogen-bond acceptors (Lipinski definition) is 2. The van der Waals surface area contributed by atoms with E-state index >= 15 is 0 Å². The smallest absolute Gasteiger partial charge is 0.352 e. The molecule has 0 unspecified atom stereocenters. The van der Waals surface area contributed by atoms with Gasteiger partial charge in [-0.25, -0.2) is 9.18 Å². The van der Waals surface area contributed by atoms with Gasteiger partial charge in [-0.1, -0.05) is 17.7 Å². The first-order chi connectivity index (χ1) is 8.91. The van der Waals surface area contributed by atoms with Gasteiger partial charge in [0, 0.05) is 11.8 Å². The molecule has 0 radical (unpaired) electrons. The van der Waals surface area contributed by atoms with Crippen molar-refractivity contribution in [1.82, 2.24) is 4.98 Å². The molecule has 0 bridgehead atoms. The van der Waals surface area contributed by atoms with Gasteiger partial charge in [-0.2, -0.15) is 0 Å². The van der Waals surface area contributed by atoms with Crippen LogP contribution in [0.25, 0.3) is 10.9 Å².